The van der Waals surface area contributed by atoms with E-state index in [9.17, 15) is 0 Å². The van der Waals surface area contributed by atoms with Gasteiger partial charge in [0.05, 0.1) is 5.65 Å². The molecule has 0 unspecified atom stereocenters. The van der Waals surface area contributed by atoms with Gasteiger partial charge >= 0.3 is 51.4 Å². The van der Waals surface area contributed by atoms with E-state index in [4.69, 9.17) is 0 Å². The van der Waals surface area contributed by atoms with Gasteiger partial charge < -0.3 is 11.8 Å². The van der Waals surface area contributed by atoms with Gasteiger partial charge in [0.15, 0.2) is 0 Å². The first-order valence-corrected chi connectivity index (χ1v) is 3.75. The number of aromatic nitrogens is 2. The average molecular weight is 201 g/mol. The van der Waals surface area contributed by atoms with Crippen molar-refractivity contribution in [1.29, 1.82) is 0 Å². The molecule has 2 rings (SSSR count). The first kappa shape index (κ1) is 15.8. The largest absolute Gasteiger partial charge is 1.00 e. The van der Waals surface area contributed by atoms with Gasteiger partial charge in [-0.05, 0) is 0 Å². The second-order valence-electron chi connectivity index (χ2n) is 1.82. The monoisotopic (exact) mass is 201 g/mol. The van der Waals surface area contributed by atoms with Crippen LogP contribution < -0.4 is 51.4 Å². The van der Waals surface area contributed by atoms with E-state index >= 15 is 0 Å². The molecule has 0 bridgehead atoms. The number of nitrogens with zero attached hydrogens (tertiary/aromatic N) is 2. The third-order valence-electron chi connectivity index (χ3n) is 1.24. The summed E-state index contributed by atoms with van der Waals surface area (Å²) in [6, 6.07) is 6.71. The van der Waals surface area contributed by atoms with Gasteiger partial charge in [-0.2, -0.15) is 6.07 Å². The van der Waals surface area contributed by atoms with Crippen LogP contribution in [0.4, 0.5) is 0 Å². The standard InChI is InChI=1S/C7H5N2.C2H6.CH3.K/c1-2-5-9-6-4-8-7(9)3-1;1-2;;/h1,3-6H;1-2H3;1H3;/q-1;;-1;+1. The minimum Gasteiger partial charge on any atom is -0.358 e. The SMILES string of the molecule is CC.[CH3-].[K+].[c-]1ccc2nccn2c1. The molecule has 2 aromatic rings. The van der Waals surface area contributed by atoms with Crippen molar-refractivity contribution in [3.63, 3.8) is 0 Å². The van der Waals surface area contributed by atoms with Gasteiger partial charge in [-0.1, -0.05) is 20.0 Å². The molecular weight excluding hydrogens is 187 g/mol. The molecule has 0 spiro atoms. The maximum Gasteiger partial charge on any atom is 1.00 e. The molecule has 0 saturated heterocycles. The van der Waals surface area contributed by atoms with E-state index in [1.54, 1.807) is 6.20 Å². The summed E-state index contributed by atoms with van der Waals surface area (Å²) in [5.74, 6) is 0. The Balaban J connectivity index is 0. The third kappa shape index (κ3) is 4.38. The number of hydrogen-bond acceptors (Lipinski definition) is 1. The van der Waals surface area contributed by atoms with E-state index in [-0.39, 0.29) is 58.8 Å². The Bertz CT molecular complexity index is 287. The van der Waals surface area contributed by atoms with Crippen molar-refractivity contribution in [2.75, 3.05) is 0 Å². The predicted molar refractivity (Wildman–Crippen MR) is 51.8 cm³/mol. The normalized spacial score (nSPS) is 7.54. The van der Waals surface area contributed by atoms with Crippen molar-refractivity contribution in [1.82, 2.24) is 9.38 Å². The Morgan fingerprint density at radius 2 is 2.08 bits per heavy atom. The fourth-order valence-electron chi connectivity index (χ4n) is 0.809. The van der Waals surface area contributed by atoms with Gasteiger partial charge in [-0.15, -0.1) is 0 Å². The summed E-state index contributed by atoms with van der Waals surface area (Å²) >= 11 is 0. The van der Waals surface area contributed by atoms with Gasteiger partial charge in [0.2, 0.25) is 0 Å². The number of hydrogen-bond donors (Lipinski definition) is 0. The van der Waals surface area contributed by atoms with Crippen molar-refractivity contribution < 1.29 is 51.4 Å². The molecule has 0 radical (unpaired) electrons. The molecule has 0 aliphatic rings. The molecule has 66 valence electrons. The summed E-state index contributed by atoms with van der Waals surface area (Å²) in [5.41, 5.74) is 0.966. The van der Waals surface area contributed by atoms with Crippen LogP contribution in [0.15, 0.2) is 30.7 Å². The van der Waals surface area contributed by atoms with Crippen molar-refractivity contribution in [3.8, 4) is 0 Å². The molecule has 2 heterocycles. The van der Waals surface area contributed by atoms with Crippen LogP contribution in [0.3, 0.4) is 0 Å². The van der Waals surface area contributed by atoms with Crippen molar-refractivity contribution in [2.24, 2.45) is 0 Å². The van der Waals surface area contributed by atoms with Crippen molar-refractivity contribution >= 4 is 5.65 Å². The third-order valence-corrected chi connectivity index (χ3v) is 1.24. The Morgan fingerprint density at radius 1 is 1.38 bits per heavy atom. The molecule has 0 amide bonds. The molecule has 0 aromatic carbocycles. The minimum absolute atomic E-state index is 0. The van der Waals surface area contributed by atoms with Gasteiger partial charge in [0, 0.05) is 12.4 Å². The Labute approximate surface area is 123 Å². The molecule has 13 heavy (non-hydrogen) atoms. The van der Waals surface area contributed by atoms with Crippen LogP contribution in [0.25, 0.3) is 5.65 Å². The molecule has 0 fully saturated rings. The van der Waals surface area contributed by atoms with E-state index in [0.29, 0.717) is 0 Å². The molecule has 2 aromatic heterocycles. The fraction of sp³-hybridized carbons (Fsp3) is 0.200. The summed E-state index contributed by atoms with van der Waals surface area (Å²) in [7, 11) is 0. The van der Waals surface area contributed by atoms with Crippen molar-refractivity contribution in [2.45, 2.75) is 13.8 Å². The molecular formula is C10H14KN2-. The van der Waals surface area contributed by atoms with Crippen LogP contribution in [0.5, 0.6) is 0 Å². The summed E-state index contributed by atoms with van der Waals surface area (Å²) in [4.78, 5) is 4.06. The van der Waals surface area contributed by atoms with E-state index < -0.39 is 0 Å². The number of fused-ring (bicyclic) bond motifs is 1. The predicted octanol–water partition coefficient (Wildman–Crippen LogP) is -0.385. The van der Waals surface area contributed by atoms with Crippen LogP contribution in [-0.2, 0) is 0 Å². The minimum atomic E-state index is 0. The van der Waals surface area contributed by atoms with Crippen LogP contribution >= 0.6 is 0 Å². The zero-order chi connectivity index (χ0) is 8.10. The van der Waals surface area contributed by atoms with E-state index in [0.717, 1.165) is 5.65 Å². The van der Waals surface area contributed by atoms with Crippen molar-refractivity contribution in [3.05, 3.63) is 44.2 Å². The second kappa shape index (κ2) is 8.90. The summed E-state index contributed by atoms with van der Waals surface area (Å²) < 4.78 is 1.92. The van der Waals surface area contributed by atoms with Gasteiger partial charge in [0.25, 0.3) is 0 Å². The summed E-state index contributed by atoms with van der Waals surface area (Å²) in [6.07, 6.45) is 5.51. The Morgan fingerprint density at radius 3 is 2.69 bits per heavy atom. The number of rotatable bonds is 0. The summed E-state index contributed by atoms with van der Waals surface area (Å²) in [5, 5.41) is 0. The zero-order valence-electron chi connectivity index (χ0n) is 8.78. The molecule has 0 atom stereocenters. The van der Waals surface area contributed by atoms with Crippen LogP contribution in [0, 0.1) is 13.5 Å². The Kier molecular flexibility index (Phi) is 10.8. The first-order valence-electron chi connectivity index (χ1n) is 3.75. The van der Waals surface area contributed by atoms with E-state index in [1.807, 2.05) is 42.8 Å². The summed E-state index contributed by atoms with van der Waals surface area (Å²) in [6.45, 7) is 4.00. The van der Waals surface area contributed by atoms with E-state index in [1.165, 1.54) is 0 Å². The number of imidazole rings is 1. The topological polar surface area (TPSA) is 17.3 Å². The van der Waals surface area contributed by atoms with E-state index in [2.05, 4.69) is 11.1 Å². The molecule has 0 N–H and O–H groups in total. The van der Waals surface area contributed by atoms with Crippen LogP contribution in [0.2, 0.25) is 0 Å². The number of pyridine rings is 1. The fourth-order valence-corrected chi connectivity index (χ4v) is 0.809. The maximum atomic E-state index is 4.06. The molecule has 0 aliphatic carbocycles. The smallest absolute Gasteiger partial charge is 0.358 e. The molecule has 0 aliphatic heterocycles. The molecule has 2 nitrogen and oxygen atoms in total. The zero-order valence-corrected chi connectivity index (χ0v) is 11.9. The quantitative estimate of drug-likeness (QED) is 0.419. The molecule has 3 heteroatoms. The Hall–Kier alpha value is 0.326. The van der Waals surface area contributed by atoms with Gasteiger partial charge in [-0.25, -0.2) is 12.1 Å². The first-order chi connectivity index (χ1) is 5.47. The van der Waals surface area contributed by atoms with Crippen LogP contribution in [0.1, 0.15) is 13.8 Å². The second-order valence-corrected chi connectivity index (χ2v) is 1.82. The van der Waals surface area contributed by atoms with Crippen LogP contribution in [-0.4, -0.2) is 9.38 Å². The average Bonchev–Trinajstić information content (AvgIpc) is 2.55. The van der Waals surface area contributed by atoms with Gasteiger partial charge in [0.1, 0.15) is 0 Å². The molecule has 0 saturated carbocycles. The van der Waals surface area contributed by atoms with Gasteiger partial charge in [-0.3, -0.25) is 4.98 Å². The maximum absolute atomic E-state index is 4.06.